The summed E-state index contributed by atoms with van der Waals surface area (Å²) >= 11 is 4.48. The molecule has 0 atom stereocenters. The summed E-state index contributed by atoms with van der Waals surface area (Å²) in [6.45, 7) is 0. The Morgan fingerprint density at radius 1 is 1.35 bits per heavy atom. The minimum Gasteiger partial charge on any atom is -0.465 e. The van der Waals surface area contributed by atoms with Crippen LogP contribution < -0.4 is 11.1 Å². The van der Waals surface area contributed by atoms with Crippen molar-refractivity contribution < 1.29 is 14.3 Å². The molecule has 0 unspecified atom stereocenters. The monoisotopic (exact) mass is 354 g/mol. The third kappa shape index (κ3) is 3.17. The highest BCUT2D eigenvalue weighted by Gasteiger charge is 2.16. The van der Waals surface area contributed by atoms with Crippen LogP contribution in [-0.2, 0) is 4.74 Å². The van der Waals surface area contributed by atoms with Gasteiger partial charge in [-0.1, -0.05) is 15.9 Å². The van der Waals surface area contributed by atoms with Gasteiger partial charge in [0.2, 0.25) is 0 Å². The summed E-state index contributed by atoms with van der Waals surface area (Å²) in [5, 5.41) is 4.38. The van der Waals surface area contributed by atoms with E-state index in [9.17, 15) is 9.59 Å². The topological polar surface area (TPSA) is 81.4 Å². The van der Waals surface area contributed by atoms with Gasteiger partial charge in [-0.2, -0.15) is 0 Å². The minimum atomic E-state index is -0.482. The number of thiophene rings is 1. The number of amides is 1. The molecule has 1 aromatic carbocycles. The number of rotatable bonds is 3. The van der Waals surface area contributed by atoms with Crippen LogP contribution in [0.3, 0.4) is 0 Å². The number of nitrogens with two attached hydrogens (primary N) is 1. The lowest BCUT2D eigenvalue weighted by Gasteiger charge is -2.07. The Morgan fingerprint density at radius 2 is 2.10 bits per heavy atom. The van der Waals surface area contributed by atoms with Crippen LogP contribution >= 0.6 is 27.3 Å². The van der Waals surface area contributed by atoms with Gasteiger partial charge in [-0.05, 0) is 29.6 Å². The van der Waals surface area contributed by atoms with E-state index in [0.29, 0.717) is 26.3 Å². The molecule has 3 N–H and O–H groups in total. The van der Waals surface area contributed by atoms with Crippen LogP contribution in [0.2, 0.25) is 0 Å². The summed E-state index contributed by atoms with van der Waals surface area (Å²) in [5.74, 6) is -0.828. The first kappa shape index (κ1) is 14.5. The standard InChI is InChI=1S/C13H11BrN2O3S/c1-19-13(18)11-10(2-3-20-11)16-12(17)7-4-8(14)6-9(15)5-7/h2-6H,15H2,1H3,(H,16,17). The summed E-state index contributed by atoms with van der Waals surface area (Å²) in [4.78, 5) is 24.0. The van der Waals surface area contributed by atoms with Gasteiger partial charge in [-0.3, -0.25) is 4.79 Å². The normalized spacial score (nSPS) is 10.1. The predicted molar refractivity (Wildman–Crippen MR) is 82.2 cm³/mol. The highest BCUT2D eigenvalue weighted by Crippen LogP contribution is 2.24. The van der Waals surface area contributed by atoms with Gasteiger partial charge in [0.05, 0.1) is 12.8 Å². The number of carbonyl (C=O) groups excluding carboxylic acids is 2. The number of hydrogen-bond acceptors (Lipinski definition) is 5. The molecule has 2 aromatic rings. The van der Waals surface area contributed by atoms with Crippen LogP contribution in [0, 0.1) is 0 Å². The lowest BCUT2D eigenvalue weighted by molar-refractivity contribution is 0.0607. The van der Waals surface area contributed by atoms with Crippen molar-refractivity contribution in [1.82, 2.24) is 0 Å². The van der Waals surface area contributed by atoms with Gasteiger partial charge in [0.25, 0.3) is 5.91 Å². The molecular formula is C13H11BrN2O3S. The zero-order valence-electron chi connectivity index (χ0n) is 10.5. The molecule has 0 aliphatic rings. The van der Waals surface area contributed by atoms with Crippen molar-refractivity contribution in [1.29, 1.82) is 0 Å². The molecule has 1 aromatic heterocycles. The van der Waals surface area contributed by atoms with E-state index in [1.807, 2.05) is 0 Å². The van der Waals surface area contributed by atoms with Crippen LogP contribution in [0.15, 0.2) is 34.1 Å². The number of benzene rings is 1. The maximum Gasteiger partial charge on any atom is 0.350 e. The molecule has 0 saturated heterocycles. The number of nitrogen functional groups attached to an aromatic ring is 1. The summed E-state index contributed by atoms with van der Waals surface area (Å²) < 4.78 is 5.36. The van der Waals surface area contributed by atoms with Crippen LogP contribution in [0.25, 0.3) is 0 Å². The average Bonchev–Trinajstić information content (AvgIpc) is 2.84. The molecule has 0 bridgehead atoms. The van der Waals surface area contributed by atoms with Crippen molar-refractivity contribution in [3.63, 3.8) is 0 Å². The van der Waals surface area contributed by atoms with E-state index in [1.54, 1.807) is 29.6 Å². The first-order chi connectivity index (χ1) is 9.51. The number of methoxy groups -OCH3 is 1. The van der Waals surface area contributed by atoms with E-state index in [4.69, 9.17) is 5.73 Å². The molecule has 0 saturated carbocycles. The van der Waals surface area contributed by atoms with Crippen LogP contribution in [0.1, 0.15) is 20.0 Å². The number of nitrogens with one attached hydrogen (secondary N) is 1. The van der Waals surface area contributed by atoms with Crippen molar-refractivity contribution in [2.45, 2.75) is 0 Å². The maximum atomic E-state index is 12.1. The highest BCUT2D eigenvalue weighted by molar-refractivity contribution is 9.10. The largest absolute Gasteiger partial charge is 0.465 e. The Morgan fingerprint density at radius 3 is 2.75 bits per heavy atom. The molecule has 0 aliphatic carbocycles. The van der Waals surface area contributed by atoms with Crippen molar-refractivity contribution in [3.05, 3.63) is 44.6 Å². The Bertz CT molecular complexity index is 649. The second-order valence-corrected chi connectivity index (χ2v) is 5.71. The smallest absolute Gasteiger partial charge is 0.350 e. The van der Waals surface area contributed by atoms with E-state index in [1.165, 1.54) is 18.4 Å². The maximum absolute atomic E-state index is 12.1. The first-order valence-electron chi connectivity index (χ1n) is 5.54. The molecule has 0 fully saturated rings. The number of esters is 1. The van der Waals surface area contributed by atoms with Gasteiger partial charge < -0.3 is 15.8 Å². The van der Waals surface area contributed by atoms with Crippen molar-refractivity contribution in [2.75, 3.05) is 18.2 Å². The zero-order chi connectivity index (χ0) is 14.7. The predicted octanol–water partition coefficient (Wildman–Crippen LogP) is 3.13. The number of ether oxygens (including phenoxy) is 1. The minimum absolute atomic E-state index is 0.346. The number of halogens is 1. The Labute approximate surface area is 127 Å². The fourth-order valence-electron chi connectivity index (χ4n) is 1.60. The summed E-state index contributed by atoms with van der Waals surface area (Å²) in [6.07, 6.45) is 0. The molecule has 0 spiro atoms. The zero-order valence-corrected chi connectivity index (χ0v) is 12.9. The average molecular weight is 355 g/mol. The fraction of sp³-hybridized carbons (Fsp3) is 0.0769. The van der Waals surface area contributed by atoms with Gasteiger partial charge in [0, 0.05) is 15.7 Å². The molecule has 7 heteroatoms. The molecule has 2 rings (SSSR count). The Kier molecular flexibility index (Phi) is 4.41. The molecule has 0 radical (unpaired) electrons. The quantitative estimate of drug-likeness (QED) is 0.655. The number of hydrogen-bond donors (Lipinski definition) is 2. The lowest BCUT2D eigenvalue weighted by atomic mass is 10.2. The van der Waals surface area contributed by atoms with Crippen molar-refractivity contribution >= 4 is 50.5 Å². The van der Waals surface area contributed by atoms with Gasteiger partial charge in [-0.25, -0.2) is 4.79 Å². The molecule has 5 nitrogen and oxygen atoms in total. The van der Waals surface area contributed by atoms with Crippen LogP contribution in [-0.4, -0.2) is 19.0 Å². The summed E-state index contributed by atoms with van der Waals surface area (Å²) in [7, 11) is 1.29. The SMILES string of the molecule is COC(=O)c1sccc1NC(=O)c1cc(N)cc(Br)c1. The van der Waals surface area contributed by atoms with E-state index < -0.39 is 5.97 Å². The van der Waals surface area contributed by atoms with Gasteiger partial charge in [-0.15, -0.1) is 11.3 Å². The third-order valence-electron chi connectivity index (χ3n) is 2.47. The third-order valence-corrected chi connectivity index (χ3v) is 3.82. The summed E-state index contributed by atoms with van der Waals surface area (Å²) in [5.41, 5.74) is 6.99. The Balaban J connectivity index is 2.24. The second kappa shape index (κ2) is 6.06. The summed E-state index contributed by atoms with van der Waals surface area (Å²) in [6, 6.07) is 6.55. The molecule has 104 valence electrons. The second-order valence-electron chi connectivity index (χ2n) is 3.88. The van der Waals surface area contributed by atoms with E-state index in [0.717, 1.165) is 0 Å². The molecule has 1 amide bonds. The van der Waals surface area contributed by atoms with Gasteiger partial charge in [0.1, 0.15) is 4.88 Å². The first-order valence-corrected chi connectivity index (χ1v) is 7.21. The number of carbonyl (C=O) groups is 2. The molecule has 20 heavy (non-hydrogen) atoms. The fourth-order valence-corrected chi connectivity index (χ4v) is 2.87. The Hall–Kier alpha value is -1.86. The highest BCUT2D eigenvalue weighted by atomic mass is 79.9. The molecule has 0 aliphatic heterocycles. The van der Waals surface area contributed by atoms with E-state index in [-0.39, 0.29) is 5.91 Å². The van der Waals surface area contributed by atoms with E-state index >= 15 is 0 Å². The van der Waals surface area contributed by atoms with Gasteiger partial charge >= 0.3 is 5.97 Å². The van der Waals surface area contributed by atoms with Crippen LogP contribution in [0.4, 0.5) is 11.4 Å². The van der Waals surface area contributed by atoms with Crippen molar-refractivity contribution in [2.24, 2.45) is 0 Å². The molecule has 1 heterocycles. The lowest BCUT2D eigenvalue weighted by Crippen LogP contribution is -2.14. The van der Waals surface area contributed by atoms with Gasteiger partial charge in [0.15, 0.2) is 0 Å². The van der Waals surface area contributed by atoms with Crippen molar-refractivity contribution in [3.8, 4) is 0 Å². The molecular weight excluding hydrogens is 344 g/mol. The van der Waals surface area contributed by atoms with Crippen LogP contribution in [0.5, 0.6) is 0 Å². The van der Waals surface area contributed by atoms with E-state index in [2.05, 4.69) is 26.0 Å². The number of anilines is 2.